The molecule has 4 rings (SSSR count). The van der Waals surface area contributed by atoms with Crippen molar-refractivity contribution in [2.45, 2.75) is 0 Å². The number of nitrogens with two attached hydrogens (primary N) is 1. The zero-order valence-corrected chi connectivity index (χ0v) is 13.0. The first kappa shape index (κ1) is 15.5. The van der Waals surface area contributed by atoms with Crippen molar-refractivity contribution < 1.29 is 22.5 Å². The van der Waals surface area contributed by atoms with Gasteiger partial charge in [-0.25, -0.2) is 4.57 Å². The van der Waals surface area contributed by atoms with Crippen LogP contribution in [0.3, 0.4) is 0 Å². The van der Waals surface area contributed by atoms with Crippen molar-refractivity contribution in [3.63, 3.8) is 0 Å². The number of thiophene rings is 1. The molecule has 3 nitrogen and oxygen atoms in total. The van der Waals surface area contributed by atoms with Gasteiger partial charge in [-0.2, -0.15) is 0 Å². The van der Waals surface area contributed by atoms with Crippen LogP contribution in [0.5, 0.6) is 0 Å². The maximum absolute atomic E-state index is 6.27. The van der Waals surface area contributed by atoms with Gasteiger partial charge in [-0.3, -0.25) is 0 Å². The van der Waals surface area contributed by atoms with E-state index in [0.29, 0.717) is 0 Å². The van der Waals surface area contributed by atoms with Gasteiger partial charge in [0, 0.05) is 27.2 Å². The maximum atomic E-state index is 6.27. The molecule has 0 radical (unpaired) electrons. The smallest absolute Gasteiger partial charge is 0.177 e. The summed E-state index contributed by atoms with van der Waals surface area (Å²) in [7, 11) is 2.05. The van der Waals surface area contributed by atoms with E-state index in [-0.39, 0.29) is 17.9 Å². The highest BCUT2D eigenvalue weighted by Gasteiger charge is 2.13. The van der Waals surface area contributed by atoms with Crippen LogP contribution in [0.4, 0.5) is 5.69 Å². The van der Waals surface area contributed by atoms with Crippen LogP contribution in [-0.2, 0) is 7.05 Å². The largest absolute Gasteiger partial charge is 1.00 e. The first-order chi connectivity index (χ1) is 9.24. The second kappa shape index (κ2) is 5.48. The lowest BCUT2D eigenvalue weighted by atomic mass is 10.1. The lowest BCUT2D eigenvalue weighted by Crippen LogP contribution is -3.00. The van der Waals surface area contributed by atoms with E-state index in [1.807, 2.05) is 11.3 Å². The number of hydrogen-bond acceptors (Lipinski definition) is 2. The molecule has 0 atom stereocenters. The van der Waals surface area contributed by atoms with Gasteiger partial charge in [0.05, 0.1) is 10.1 Å². The molecule has 0 fully saturated rings. The fourth-order valence-electron chi connectivity index (χ4n) is 2.69. The van der Waals surface area contributed by atoms with Gasteiger partial charge in [0.1, 0.15) is 7.05 Å². The Bertz CT molecular complexity index is 949. The van der Waals surface area contributed by atoms with Gasteiger partial charge in [-0.05, 0) is 17.5 Å². The number of benzene rings is 2. The van der Waals surface area contributed by atoms with E-state index in [1.165, 1.54) is 30.9 Å². The number of nitrogen functional groups attached to an aromatic ring is 1. The number of pyridine rings is 1. The Kier molecular flexibility index (Phi) is 4.05. The molecule has 0 bridgehead atoms. The number of anilines is 1. The third-order valence-electron chi connectivity index (χ3n) is 3.57. The van der Waals surface area contributed by atoms with Crippen LogP contribution in [0.2, 0.25) is 0 Å². The molecule has 0 amide bonds. The summed E-state index contributed by atoms with van der Waals surface area (Å²) < 4.78 is 4.66. The number of rotatable bonds is 0. The molecule has 2 aromatic heterocycles. The highest BCUT2D eigenvalue weighted by atomic mass is 35.5. The molecule has 108 valence electrons. The third-order valence-corrected chi connectivity index (χ3v) is 4.78. The van der Waals surface area contributed by atoms with Crippen molar-refractivity contribution in [3.8, 4) is 0 Å². The van der Waals surface area contributed by atoms with Crippen molar-refractivity contribution in [2.24, 2.45) is 7.05 Å². The Hall–Kier alpha value is -1.88. The lowest BCUT2D eigenvalue weighted by Gasteiger charge is -2.02. The molecule has 0 spiro atoms. The van der Waals surface area contributed by atoms with Gasteiger partial charge in [0.25, 0.3) is 0 Å². The quantitative estimate of drug-likeness (QED) is 0.354. The Balaban J connectivity index is 0.000000807. The van der Waals surface area contributed by atoms with Gasteiger partial charge < -0.3 is 23.6 Å². The Morgan fingerprint density at radius 2 is 1.86 bits per heavy atom. The van der Waals surface area contributed by atoms with Crippen LogP contribution < -0.4 is 22.7 Å². The summed E-state index contributed by atoms with van der Waals surface area (Å²) in [5.74, 6) is 0. The second-order valence-corrected chi connectivity index (χ2v) is 5.93. The number of aryl methyl sites for hydroxylation is 1. The van der Waals surface area contributed by atoms with Gasteiger partial charge in [0.2, 0.25) is 0 Å². The van der Waals surface area contributed by atoms with E-state index in [0.717, 1.165) is 5.69 Å². The molecule has 0 aliphatic rings. The molecule has 0 saturated carbocycles. The van der Waals surface area contributed by atoms with E-state index in [4.69, 9.17) is 5.73 Å². The van der Waals surface area contributed by atoms with Crippen molar-refractivity contribution in [3.05, 3.63) is 48.8 Å². The molecular formula is C16H15ClN2OS. The number of hydrogen-bond donors (Lipinski definition) is 1. The molecule has 4 N–H and O–H groups in total. The molecule has 21 heavy (non-hydrogen) atoms. The normalized spacial score (nSPS) is 10.5. The SMILES string of the molecule is C[n+]1ccc2cc(N)c3c4ccccc4sc3c2c1.O.[Cl-]. The second-order valence-electron chi connectivity index (χ2n) is 4.88. The third kappa shape index (κ3) is 2.21. The summed E-state index contributed by atoms with van der Waals surface area (Å²) in [6.45, 7) is 0. The zero-order chi connectivity index (χ0) is 13.0. The highest BCUT2D eigenvalue weighted by molar-refractivity contribution is 7.26. The Labute approximate surface area is 132 Å². The van der Waals surface area contributed by atoms with Crippen LogP contribution in [0.1, 0.15) is 0 Å². The monoisotopic (exact) mass is 318 g/mol. The Morgan fingerprint density at radius 3 is 2.67 bits per heavy atom. The molecule has 5 heteroatoms. The number of halogens is 1. The minimum Gasteiger partial charge on any atom is -1.00 e. The number of aromatic nitrogens is 1. The number of nitrogens with zero attached hydrogens (tertiary/aromatic N) is 1. The van der Waals surface area contributed by atoms with Crippen molar-refractivity contribution in [2.75, 3.05) is 5.73 Å². The summed E-state index contributed by atoms with van der Waals surface area (Å²) in [6.07, 6.45) is 4.23. The average Bonchev–Trinajstić information content (AvgIpc) is 2.80. The van der Waals surface area contributed by atoms with Crippen LogP contribution in [0, 0.1) is 0 Å². The summed E-state index contributed by atoms with van der Waals surface area (Å²) in [6, 6.07) is 12.7. The molecule has 2 aromatic carbocycles. The molecule has 0 aliphatic carbocycles. The fourth-order valence-corrected chi connectivity index (χ4v) is 3.94. The van der Waals surface area contributed by atoms with Gasteiger partial charge in [-0.1, -0.05) is 18.2 Å². The molecule has 0 aliphatic heterocycles. The van der Waals surface area contributed by atoms with Crippen molar-refractivity contribution in [1.29, 1.82) is 0 Å². The lowest BCUT2D eigenvalue weighted by molar-refractivity contribution is -0.670. The van der Waals surface area contributed by atoms with E-state index < -0.39 is 0 Å². The predicted octanol–water partition coefficient (Wildman–Crippen LogP) is -0.206. The number of fused-ring (bicyclic) bond motifs is 5. The fraction of sp³-hybridized carbons (Fsp3) is 0.0625. The summed E-state index contributed by atoms with van der Waals surface area (Å²) in [5.41, 5.74) is 7.14. The van der Waals surface area contributed by atoms with E-state index >= 15 is 0 Å². The highest BCUT2D eigenvalue weighted by Crippen LogP contribution is 2.41. The summed E-state index contributed by atoms with van der Waals surface area (Å²) >= 11 is 1.82. The predicted molar refractivity (Wildman–Crippen MR) is 86.0 cm³/mol. The minimum atomic E-state index is 0. The standard InChI is InChI=1S/C16H12N2S.ClH.H2O/c1-18-7-6-10-8-13(17)15-11-4-2-3-5-14(11)19-16(15)12(10)9-18;;/h2-9,17H,1H3;1H;1H2. The van der Waals surface area contributed by atoms with Crippen LogP contribution >= 0.6 is 11.3 Å². The van der Waals surface area contributed by atoms with Crippen molar-refractivity contribution >= 4 is 48.0 Å². The van der Waals surface area contributed by atoms with E-state index in [2.05, 4.69) is 60.4 Å². The molecule has 0 unspecified atom stereocenters. The first-order valence-electron chi connectivity index (χ1n) is 6.23. The summed E-state index contributed by atoms with van der Waals surface area (Å²) in [4.78, 5) is 0. The van der Waals surface area contributed by atoms with Crippen LogP contribution in [-0.4, -0.2) is 5.48 Å². The van der Waals surface area contributed by atoms with E-state index in [1.54, 1.807) is 0 Å². The minimum absolute atomic E-state index is 0. The first-order valence-corrected chi connectivity index (χ1v) is 7.04. The van der Waals surface area contributed by atoms with Gasteiger partial charge >= 0.3 is 0 Å². The Morgan fingerprint density at radius 1 is 1.10 bits per heavy atom. The molecular weight excluding hydrogens is 304 g/mol. The van der Waals surface area contributed by atoms with Crippen molar-refractivity contribution in [1.82, 2.24) is 0 Å². The van der Waals surface area contributed by atoms with Gasteiger partial charge in [0.15, 0.2) is 12.4 Å². The van der Waals surface area contributed by atoms with E-state index in [9.17, 15) is 0 Å². The zero-order valence-electron chi connectivity index (χ0n) is 11.4. The maximum Gasteiger partial charge on any atom is 0.177 e. The average molecular weight is 319 g/mol. The topological polar surface area (TPSA) is 61.4 Å². The molecule has 4 aromatic rings. The molecule has 2 heterocycles. The van der Waals surface area contributed by atoms with Crippen LogP contribution in [0.25, 0.3) is 30.9 Å². The summed E-state index contributed by atoms with van der Waals surface area (Å²) in [5, 5.41) is 4.93. The van der Waals surface area contributed by atoms with Gasteiger partial charge in [-0.15, -0.1) is 11.3 Å². The molecule has 0 saturated heterocycles. The van der Waals surface area contributed by atoms with Crippen LogP contribution in [0.15, 0.2) is 48.8 Å².